The molecule has 0 spiro atoms. The maximum atomic E-state index is 11.7. The van der Waals surface area contributed by atoms with Gasteiger partial charge < -0.3 is 19.8 Å². The highest BCUT2D eigenvalue weighted by Gasteiger charge is 2.36. The number of nitrogens with zero attached hydrogens (tertiary/aromatic N) is 2. The minimum absolute atomic E-state index is 0.0682. The number of hydrogen-bond donors (Lipinski definition) is 2. The second-order valence-electron chi connectivity index (χ2n) is 6.08. The lowest BCUT2D eigenvalue weighted by Crippen LogP contribution is -2.43. The molecule has 7 heteroatoms. The van der Waals surface area contributed by atoms with Gasteiger partial charge in [0.15, 0.2) is 0 Å². The van der Waals surface area contributed by atoms with E-state index in [-0.39, 0.29) is 5.75 Å². The molecular weight excluding hydrogens is 368 g/mol. The molecule has 1 aliphatic rings. The van der Waals surface area contributed by atoms with Crippen molar-refractivity contribution in [2.24, 2.45) is 0 Å². The normalized spacial score (nSPS) is 15.5. The summed E-state index contributed by atoms with van der Waals surface area (Å²) in [5.74, 6) is 0.327. The summed E-state index contributed by atoms with van der Waals surface area (Å²) in [4.78, 5) is 18.0. The molecule has 27 heavy (non-hydrogen) atoms. The SMILES string of the molecule is CC.COC(=O)c1ccnc(N2CCC(O)(c3ccc(O)cc3Cl)CC2)c1. The molecule has 0 bridgehead atoms. The molecule has 0 radical (unpaired) electrons. The number of carbonyl (C=O) groups excluding carboxylic acids is 1. The van der Waals surface area contributed by atoms with Crippen LogP contribution in [0.2, 0.25) is 5.02 Å². The number of anilines is 1. The van der Waals surface area contributed by atoms with E-state index >= 15 is 0 Å². The van der Waals surface area contributed by atoms with Crippen LogP contribution in [0.25, 0.3) is 0 Å². The first-order chi connectivity index (χ1) is 12.9. The van der Waals surface area contributed by atoms with E-state index in [4.69, 9.17) is 16.3 Å². The van der Waals surface area contributed by atoms with Crippen molar-refractivity contribution in [3.05, 3.63) is 52.7 Å². The Labute approximate surface area is 164 Å². The lowest BCUT2D eigenvalue weighted by Gasteiger charge is -2.39. The molecule has 0 amide bonds. The fourth-order valence-electron chi connectivity index (χ4n) is 3.09. The summed E-state index contributed by atoms with van der Waals surface area (Å²) >= 11 is 6.18. The molecule has 2 aromatic rings. The minimum atomic E-state index is -1.05. The van der Waals surface area contributed by atoms with E-state index in [0.717, 1.165) is 0 Å². The van der Waals surface area contributed by atoms with Gasteiger partial charge in [-0.25, -0.2) is 9.78 Å². The first-order valence-corrected chi connectivity index (χ1v) is 9.31. The van der Waals surface area contributed by atoms with Gasteiger partial charge in [0.2, 0.25) is 0 Å². The maximum absolute atomic E-state index is 11.7. The molecule has 0 atom stereocenters. The molecule has 0 aliphatic carbocycles. The molecule has 146 valence electrons. The van der Waals surface area contributed by atoms with Gasteiger partial charge in [-0.3, -0.25) is 0 Å². The third kappa shape index (κ3) is 4.70. The first-order valence-electron chi connectivity index (χ1n) is 8.94. The van der Waals surface area contributed by atoms with E-state index in [2.05, 4.69) is 4.98 Å². The van der Waals surface area contributed by atoms with Crippen molar-refractivity contribution in [3.8, 4) is 5.75 Å². The summed E-state index contributed by atoms with van der Waals surface area (Å²) < 4.78 is 4.73. The van der Waals surface area contributed by atoms with Crippen LogP contribution in [0.1, 0.15) is 42.6 Å². The van der Waals surface area contributed by atoms with E-state index in [9.17, 15) is 15.0 Å². The summed E-state index contributed by atoms with van der Waals surface area (Å²) in [7, 11) is 1.34. The number of halogens is 1. The fourth-order valence-corrected chi connectivity index (χ4v) is 3.44. The third-order valence-corrected chi connectivity index (χ3v) is 4.85. The quantitative estimate of drug-likeness (QED) is 0.774. The lowest BCUT2D eigenvalue weighted by molar-refractivity contribution is 0.0117. The van der Waals surface area contributed by atoms with E-state index in [0.29, 0.717) is 47.9 Å². The van der Waals surface area contributed by atoms with Crippen molar-refractivity contribution in [2.45, 2.75) is 32.3 Å². The second-order valence-corrected chi connectivity index (χ2v) is 6.48. The molecular formula is C20H25ClN2O4. The van der Waals surface area contributed by atoms with Crippen molar-refractivity contribution in [1.82, 2.24) is 4.98 Å². The Hall–Kier alpha value is -2.31. The standard InChI is InChI=1S/C18H19ClN2O4.C2H6/c1-25-17(23)12-4-7-20-16(10-12)21-8-5-18(24,6-9-21)14-3-2-13(22)11-15(14)19;1-2/h2-4,7,10-11,22,24H,5-6,8-9H2,1H3;1-2H3. The molecule has 3 rings (SSSR count). The van der Waals surface area contributed by atoms with Crippen LogP contribution in [0.5, 0.6) is 5.75 Å². The van der Waals surface area contributed by atoms with Gasteiger partial charge in [0.1, 0.15) is 11.6 Å². The number of ether oxygens (including phenoxy) is 1. The van der Waals surface area contributed by atoms with Crippen molar-refractivity contribution in [3.63, 3.8) is 0 Å². The average Bonchev–Trinajstić information content (AvgIpc) is 2.69. The van der Waals surface area contributed by atoms with Gasteiger partial charge in [-0.05, 0) is 37.1 Å². The predicted octanol–water partition coefficient (Wildman–Crippen LogP) is 3.74. The lowest BCUT2D eigenvalue weighted by atomic mass is 9.84. The third-order valence-electron chi connectivity index (χ3n) is 4.54. The Balaban J connectivity index is 0.00000126. The zero-order valence-corrected chi connectivity index (χ0v) is 16.5. The number of aromatic hydroxyl groups is 1. The maximum Gasteiger partial charge on any atom is 0.338 e. The highest BCUT2D eigenvalue weighted by Crippen LogP contribution is 2.38. The van der Waals surface area contributed by atoms with Gasteiger partial charge >= 0.3 is 5.97 Å². The van der Waals surface area contributed by atoms with Gasteiger partial charge in [0, 0.05) is 24.8 Å². The topological polar surface area (TPSA) is 82.9 Å². The highest BCUT2D eigenvalue weighted by atomic mass is 35.5. The summed E-state index contributed by atoms with van der Waals surface area (Å²) in [6.45, 7) is 5.12. The molecule has 2 N–H and O–H groups in total. The smallest absolute Gasteiger partial charge is 0.338 e. The zero-order valence-electron chi connectivity index (χ0n) is 15.8. The van der Waals surface area contributed by atoms with E-state index < -0.39 is 11.6 Å². The molecule has 2 heterocycles. The van der Waals surface area contributed by atoms with Crippen LogP contribution >= 0.6 is 11.6 Å². The zero-order chi connectivity index (χ0) is 20.0. The van der Waals surface area contributed by atoms with Gasteiger partial charge in [0.05, 0.1) is 23.3 Å². The first kappa shape index (κ1) is 21.0. The highest BCUT2D eigenvalue weighted by molar-refractivity contribution is 6.31. The Bertz CT molecular complexity index is 789. The van der Waals surface area contributed by atoms with Crippen molar-refractivity contribution < 1.29 is 19.7 Å². The fraction of sp³-hybridized carbons (Fsp3) is 0.400. The number of aromatic nitrogens is 1. The Morgan fingerprint density at radius 3 is 2.48 bits per heavy atom. The number of benzene rings is 1. The number of methoxy groups -OCH3 is 1. The van der Waals surface area contributed by atoms with Crippen molar-refractivity contribution >= 4 is 23.4 Å². The van der Waals surface area contributed by atoms with Crippen LogP contribution in [-0.4, -0.2) is 41.4 Å². The summed E-state index contributed by atoms with van der Waals surface area (Å²) in [5, 5.41) is 20.8. The molecule has 1 aliphatic heterocycles. The van der Waals surface area contributed by atoms with Crippen molar-refractivity contribution in [1.29, 1.82) is 0 Å². The number of pyridine rings is 1. The second kappa shape index (κ2) is 9.06. The van der Waals surface area contributed by atoms with E-state index in [1.807, 2.05) is 18.7 Å². The number of carbonyl (C=O) groups is 1. The Morgan fingerprint density at radius 2 is 1.89 bits per heavy atom. The van der Waals surface area contributed by atoms with Crippen LogP contribution < -0.4 is 4.90 Å². The number of phenolic OH excluding ortho intramolecular Hbond substituents is 1. The van der Waals surface area contributed by atoms with Gasteiger partial charge in [0.25, 0.3) is 0 Å². The Kier molecular flexibility index (Phi) is 7.05. The molecule has 0 saturated carbocycles. The predicted molar refractivity (Wildman–Crippen MR) is 105 cm³/mol. The minimum Gasteiger partial charge on any atom is -0.508 e. The van der Waals surface area contributed by atoms with Crippen LogP contribution in [-0.2, 0) is 10.3 Å². The van der Waals surface area contributed by atoms with Crippen LogP contribution in [0.15, 0.2) is 36.5 Å². The van der Waals surface area contributed by atoms with Crippen molar-refractivity contribution in [2.75, 3.05) is 25.1 Å². The molecule has 1 saturated heterocycles. The van der Waals surface area contributed by atoms with E-state index in [1.54, 1.807) is 24.4 Å². The number of esters is 1. The average molecular weight is 393 g/mol. The van der Waals surface area contributed by atoms with Gasteiger partial charge in [-0.2, -0.15) is 0 Å². The number of rotatable bonds is 3. The van der Waals surface area contributed by atoms with E-state index in [1.165, 1.54) is 19.2 Å². The summed E-state index contributed by atoms with van der Waals surface area (Å²) in [6, 6.07) is 7.90. The van der Waals surface area contributed by atoms with Crippen LogP contribution in [0, 0.1) is 0 Å². The molecule has 0 unspecified atom stereocenters. The molecule has 1 fully saturated rings. The molecule has 1 aromatic heterocycles. The monoisotopic (exact) mass is 392 g/mol. The largest absolute Gasteiger partial charge is 0.508 e. The number of hydrogen-bond acceptors (Lipinski definition) is 6. The van der Waals surface area contributed by atoms with Gasteiger partial charge in [-0.15, -0.1) is 0 Å². The summed E-state index contributed by atoms with van der Waals surface area (Å²) in [5.41, 5.74) is -0.000803. The number of phenols is 1. The van der Waals surface area contributed by atoms with Crippen LogP contribution in [0.4, 0.5) is 5.82 Å². The number of piperidine rings is 1. The number of aliphatic hydroxyl groups is 1. The molecule has 6 nitrogen and oxygen atoms in total. The molecule has 1 aromatic carbocycles. The summed E-state index contributed by atoms with van der Waals surface area (Å²) in [6.07, 6.45) is 2.49. The Morgan fingerprint density at radius 1 is 1.22 bits per heavy atom. The van der Waals surface area contributed by atoms with Crippen LogP contribution in [0.3, 0.4) is 0 Å². The van der Waals surface area contributed by atoms with Gasteiger partial charge in [-0.1, -0.05) is 31.5 Å².